The van der Waals surface area contributed by atoms with Crippen LogP contribution >= 0.6 is 15.9 Å². The molecule has 0 rings (SSSR count). The average Bonchev–Trinajstić information content (AvgIpc) is 1.84. The third kappa shape index (κ3) is 2.65. The number of aliphatic carboxylic acids is 1. The molecule has 3 heteroatoms. The van der Waals surface area contributed by atoms with Gasteiger partial charge in [-0.1, -0.05) is 22.9 Å². The van der Waals surface area contributed by atoms with Crippen molar-refractivity contribution in [3.05, 3.63) is 10.1 Å². The zero-order valence-corrected chi connectivity index (χ0v) is 7.03. The highest BCUT2D eigenvalue weighted by Gasteiger charge is 2.03. The highest BCUT2D eigenvalue weighted by Crippen LogP contribution is 2.14. The molecule has 9 heavy (non-hydrogen) atoms. The van der Waals surface area contributed by atoms with Crippen LogP contribution in [0, 0.1) is 0 Å². The lowest BCUT2D eigenvalue weighted by atomic mass is 10.2. The van der Waals surface area contributed by atoms with Gasteiger partial charge in [0.2, 0.25) is 0 Å². The number of carbonyl (C=O) groups is 1. The van der Waals surface area contributed by atoms with Gasteiger partial charge in [-0.3, -0.25) is 0 Å². The highest BCUT2D eigenvalue weighted by atomic mass is 79.9. The fourth-order valence-corrected chi connectivity index (χ4v) is 0.551. The molecule has 0 aliphatic heterocycles. The van der Waals surface area contributed by atoms with Crippen LogP contribution in [-0.4, -0.2) is 11.1 Å². The standard InChI is InChI=1S/C6H9BrO2/c1-3-5(7)4(2)6(8)9/h3H2,1-2H3,(H,8,9)/b5-4+. The van der Waals surface area contributed by atoms with Gasteiger partial charge < -0.3 is 5.11 Å². The summed E-state index contributed by atoms with van der Waals surface area (Å²) in [6.45, 7) is 3.48. The van der Waals surface area contributed by atoms with Crippen LogP contribution in [0.4, 0.5) is 0 Å². The Morgan fingerprint density at radius 3 is 2.22 bits per heavy atom. The summed E-state index contributed by atoms with van der Waals surface area (Å²) in [6.07, 6.45) is 0.734. The van der Waals surface area contributed by atoms with Crippen molar-refractivity contribution in [2.24, 2.45) is 0 Å². The molecule has 0 unspecified atom stereocenters. The lowest BCUT2D eigenvalue weighted by molar-refractivity contribution is -0.132. The van der Waals surface area contributed by atoms with E-state index in [9.17, 15) is 4.79 Å². The van der Waals surface area contributed by atoms with Crippen LogP contribution in [0.15, 0.2) is 10.1 Å². The van der Waals surface area contributed by atoms with Crippen LogP contribution in [0.2, 0.25) is 0 Å². The Labute approximate surface area is 62.7 Å². The van der Waals surface area contributed by atoms with Gasteiger partial charge in [-0.15, -0.1) is 0 Å². The van der Waals surface area contributed by atoms with Gasteiger partial charge in [-0.05, 0) is 13.3 Å². The second-order valence-electron chi connectivity index (χ2n) is 1.69. The van der Waals surface area contributed by atoms with E-state index in [2.05, 4.69) is 15.9 Å². The topological polar surface area (TPSA) is 37.3 Å². The molecular weight excluding hydrogens is 184 g/mol. The molecule has 0 aromatic carbocycles. The van der Waals surface area contributed by atoms with Gasteiger partial charge in [0.1, 0.15) is 0 Å². The van der Waals surface area contributed by atoms with E-state index < -0.39 is 5.97 Å². The predicted molar refractivity (Wildman–Crippen MR) is 39.6 cm³/mol. The van der Waals surface area contributed by atoms with Crippen LogP contribution in [0.25, 0.3) is 0 Å². The largest absolute Gasteiger partial charge is 0.478 e. The van der Waals surface area contributed by atoms with E-state index in [0.717, 1.165) is 10.9 Å². The average molecular weight is 193 g/mol. The molecular formula is C6H9BrO2. The summed E-state index contributed by atoms with van der Waals surface area (Å²) in [6, 6.07) is 0. The number of hydrogen-bond donors (Lipinski definition) is 1. The first-order chi connectivity index (χ1) is 4.09. The number of hydrogen-bond acceptors (Lipinski definition) is 1. The van der Waals surface area contributed by atoms with Gasteiger partial charge in [0.05, 0.1) is 0 Å². The van der Waals surface area contributed by atoms with E-state index in [1.165, 1.54) is 0 Å². The third-order valence-electron chi connectivity index (χ3n) is 1.04. The molecule has 0 saturated carbocycles. The van der Waals surface area contributed by atoms with Gasteiger partial charge in [0.25, 0.3) is 0 Å². The second kappa shape index (κ2) is 3.67. The summed E-state index contributed by atoms with van der Waals surface area (Å²) in [4.78, 5) is 10.2. The zero-order chi connectivity index (χ0) is 7.44. The van der Waals surface area contributed by atoms with Crippen molar-refractivity contribution in [3.63, 3.8) is 0 Å². The van der Waals surface area contributed by atoms with Gasteiger partial charge in [0, 0.05) is 10.1 Å². The predicted octanol–water partition coefficient (Wildman–Crippen LogP) is 2.15. The fraction of sp³-hybridized carbons (Fsp3) is 0.500. The zero-order valence-electron chi connectivity index (χ0n) is 5.44. The summed E-state index contributed by atoms with van der Waals surface area (Å²) in [5, 5.41) is 8.40. The van der Waals surface area contributed by atoms with Crippen molar-refractivity contribution in [3.8, 4) is 0 Å². The lowest BCUT2D eigenvalue weighted by Gasteiger charge is -1.95. The van der Waals surface area contributed by atoms with Crippen LogP contribution in [0.1, 0.15) is 20.3 Å². The first kappa shape index (κ1) is 8.69. The first-order valence-corrected chi connectivity index (χ1v) is 3.47. The monoisotopic (exact) mass is 192 g/mol. The van der Waals surface area contributed by atoms with E-state index in [0.29, 0.717) is 5.57 Å². The Hall–Kier alpha value is -0.310. The lowest BCUT2D eigenvalue weighted by Crippen LogP contribution is -1.97. The van der Waals surface area contributed by atoms with Crippen molar-refractivity contribution in [1.82, 2.24) is 0 Å². The molecule has 0 radical (unpaired) electrons. The summed E-state index contributed by atoms with van der Waals surface area (Å²) < 4.78 is 0.759. The summed E-state index contributed by atoms with van der Waals surface area (Å²) >= 11 is 3.14. The molecule has 1 N–H and O–H groups in total. The SMILES string of the molecule is CC/C(Br)=C(/C)C(=O)O. The van der Waals surface area contributed by atoms with Crippen molar-refractivity contribution < 1.29 is 9.90 Å². The molecule has 0 bridgehead atoms. The van der Waals surface area contributed by atoms with Crippen LogP contribution < -0.4 is 0 Å². The molecule has 0 heterocycles. The number of carboxylic acids is 1. The number of carboxylic acid groups (broad SMARTS) is 1. The van der Waals surface area contributed by atoms with E-state index in [1.807, 2.05) is 6.92 Å². The normalized spacial score (nSPS) is 12.8. The van der Waals surface area contributed by atoms with Crippen molar-refractivity contribution in [2.75, 3.05) is 0 Å². The molecule has 2 nitrogen and oxygen atoms in total. The fourth-order valence-electron chi connectivity index (χ4n) is 0.381. The van der Waals surface area contributed by atoms with E-state index in [4.69, 9.17) is 5.11 Å². The summed E-state index contributed by atoms with van der Waals surface area (Å²) in [5.74, 6) is -0.858. The Bertz CT molecular complexity index is 149. The van der Waals surface area contributed by atoms with Gasteiger partial charge in [-0.25, -0.2) is 4.79 Å². The maximum absolute atomic E-state index is 10.2. The molecule has 0 fully saturated rings. The van der Waals surface area contributed by atoms with Crippen LogP contribution in [-0.2, 0) is 4.79 Å². The maximum Gasteiger partial charge on any atom is 0.332 e. The molecule has 0 atom stereocenters. The Morgan fingerprint density at radius 2 is 2.11 bits per heavy atom. The minimum absolute atomic E-state index is 0.387. The van der Waals surface area contributed by atoms with Crippen molar-refractivity contribution in [1.29, 1.82) is 0 Å². The molecule has 0 aliphatic rings. The van der Waals surface area contributed by atoms with Crippen LogP contribution in [0.5, 0.6) is 0 Å². The maximum atomic E-state index is 10.2. The molecule has 0 saturated heterocycles. The van der Waals surface area contributed by atoms with E-state index in [1.54, 1.807) is 6.92 Å². The molecule has 0 aliphatic carbocycles. The first-order valence-electron chi connectivity index (χ1n) is 2.68. The van der Waals surface area contributed by atoms with Crippen molar-refractivity contribution in [2.45, 2.75) is 20.3 Å². The Morgan fingerprint density at radius 1 is 1.67 bits per heavy atom. The van der Waals surface area contributed by atoms with Gasteiger partial charge in [-0.2, -0.15) is 0 Å². The second-order valence-corrected chi connectivity index (χ2v) is 2.65. The number of allylic oxidation sites excluding steroid dienone is 1. The van der Waals surface area contributed by atoms with Crippen LogP contribution in [0.3, 0.4) is 0 Å². The minimum atomic E-state index is -0.858. The highest BCUT2D eigenvalue weighted by molar-refractivity contribution is 9.11. The summed E-state index contributed by atoms with van der Waals surface area (Å²) in [7, 11) is 0. The van der Waals surface area contributed by atoms with Gasteiger partial charge in [0.15, 0.2) is 0 Å². The third-order valence-corrected chi connectivity index (χ3v) is 2.19. The summed E-state index contributed by atoms with van der Waals surface area (Å²) in [5.41, 5.74) is 0.387. The quantitative estimate of drug-likeness (QED) is 0.682. The Kier molecular flexibility index (Phi) is 3.54. The number of halogens is 1. The van der Waals surface area contributed by atoms with Gasteiger partial charge >= 0.3 is 5.97 Å². The molecule has 0 amide bonds. The molecule has 0 spiro atoms. The molecule has 0 aromatic rings. The number of rotatable bonds is 2. The molecule has 52 valence electrons. The van der Waals surface area contributed by atoms with E-state index in [-0.39, 0.29) is 0 Å². The minimum Gasteiger partial charge on any atom is -0.478 e. The Balaban J connectivity index is 4.28. The smallest absolute Gasteiger partial charge is 0.332 e. The van der Waals surface area contributed by atoms with E-state index >= 15 is 0 Å². The molecule has 0 aromatic heterocycles. The van der Waals surface area contributed by atoms with Crippen molar-refractivity contribution >= 4 is 21.9 Å².